The summed E-state index contributed by atoms with van der Waals surface area (Å²) in [4.78, 5) is 16.8. The topological polar surface area (TPSA) is 53.4 Å². The van der Waals surface area contributed by atoms with Crippen LogP contribution in [0.3, 0.4) is 0 Å². The number of nitrogens with zero attached hydrogens (tertiary/aromatic N) is 4. The summed E-state index contributed by atoms with van der Waals surface area (Å²) in [6, 6.07) is 8.66. The third-order valence-electron chi connectivity index (χ3n) is 4.64. The highest BCUT2D eigenvalue weighted by atomic mass is 16.1. The predicted molar refractivity (Wildman–Crippen MR) is 99.5 cm³/mol. The summed E-state index contributed by atoms with van der Waals surface area (Å²) < 4.78 is 1.75. The van der Waals surface area contributed by atoms with Crippen molar-refractivity contribution in [2.24, 2.45) is 7.05 Å². The number of hydrogen-bond acceptors (Lipinski definition) is 4. The summed E-state index contributed by atoms with van der Waals surface area (Å²) in [6.45, 7) is 7.54. The van der Waals surface area contributed by atoms with Gasteiger partial charge in [-0.2, -0.15) is 5.10 Å². The number of piperazine rings is 1. The Morgan fingerprint density at radius 1 is 1.24 bits per heavy atom. The van der Waals surface area contributed by atoms with Gasteiger partial charge >= 0.3 is 0 Å². The van der Waals surface area contributed by atoms with Gasteiger partial charge in [-0.1, -0.05) is 12.1 Å². The second-order valence-electron chi connectivity index (χ2n) is 6.72. The Bertz CT molecular complexity index is 703. The third kappa shape index (κ3) is 5.06. The SMILES string of the molecule is Cc1cccc(N2CCN(CCC(=O)NCc3cnn(C)c3)CC2)c1. The molecule has 1 N–H and O–H groups in total. The van der Waals surface area contributed by atoms with Gasteiger partial charge in [-0.3, -0.25) is 14.4 Å². The van der Waals surface area contributed by atoms with E-state index < -0.39 is 0 Å². The lowest BCUT2D eigenvalue weighted by atomic mass is 10.2. The Morgan fingerprint density at radius 2 is 2.04 bits per heavy atom. The molecule has 0 bridgehead atoms. The Hall–Kier alpha value is -2.34. The second kappa shape index (κ2) is 8.16. The zero-order valence-corrected chi connectivity index (χ0v) is 15.1. The molecule has 6 heteroatoms. The zero-order valence-electron chi connectivity index (χ0n) is 15.1. The number of amides is 1. The Kier molecular flexibility index (Phi) is 5.71. The first kappa shape index (κ1) is 17.5. The van der Waals surface area contributed by atoms with Crippen molar-refractivity contribution in [1.82, 2.24) is 20.0 Å². The maximum absolute atomic E-state index is 12.0. The number of rotatable bonds is 6. The van der Waals surface area contributed by atoms with Crippen molar-refractivity contribution in [1.29, 1.82) is 0 Å². The maximum atomic E-state index is 12.0. The van der Waals surface area contributed by atoms with Gasteiger partial charge in [0, 0.05) is 70.2 Å². The van der Waals surface area contributed by atoms with E-state index in [2.05, 4.69) is 51.4 Å². The predicted octanol–water partition coefficient (Wildman–Crippen LogP) is 1.56. The molecule has 1 aromatic carbocycles. The van der Waals surface area contributed by atoms with E-state index in [0.29, 0.717) is 13.0 Å². The number of benzene rings is 1. The fourth-order valence-corrected chi connectivity index (χ4v) is 3.17. The van der Waals surface area contributed by atoms with Crippen molar-refractivity contribution in [3.8, 4) is 0 Å². The van der Waals surface area contributed by atoms with Gasteiger partial charge in [0.2, 0.25) is 5.91 Å². The zero-order chi connectivity index (χ0) is 17.6. The highest BCUT2D eigenvalue weighted by molar-refractivity contribution is 5.76. The van der Waals surface area contributed by atoms with Gasteiger partial charge in [-0.15, -0.1) is 0 Å². The van der Waals surface area contributed by atoms with E-state index in [1.165, 1.54) is 11.3 Å². The van der Waals surface area contributed by atoms with Gasteiger partial charge in [0.05, 0.1) is 6.20 Å². The molecule has 1 fully saturated rings. The monoisotopic (exact) mass is 341 g/mol. The van der Waals surface area contributed by atoms with E-state index in [1.54, 1.807) is 10.9 Å². The molecular weight excluding hydrogens is 314 g/mol. The molecule has 0 atom stereocenters. The van der Waals surface area contributed by atoms with Gasteiger partial charge in [-0.05, 0) is 24.6 Å². The van der Waals surface area contributed by atoms with Crippen LogP contribution >= 0.6 is 0 Å². The molecule has 2 heterocycles. The summed E-state index contributed by atoms with van der Waals surface area (Å²) >= 11 is 0. The molecule has 0 saturated carbocycles. The minimum atomic E-state index is 0.102. The first-order chi connectivity index (χ1) is 12.1. The van der Waals surface area contributed by atoms with Crippen LogP contribution in [-0.2, 0) is 18.4 Å². The summed E-state index contributed by atoms with van der Waals surface area (Å²) in [5.74, 6) is 0.102. The number of aromatic nitrogens is 2. The molecule has 3 rings (SSSR count). The van der Waals surface area contributed by atoms with Crippen LogP contribution in [0.4, 0.5) is 5.69 Å². The summed E-state index contributed by atoms with van der Waals surface area (Å²) in [5.41, 5.74) is 3.63. The van der Waals surface area contributed by atoms with Crippen LogP contribution in [0.1, 0.15) is 17.5 Å². The Labute approximate surface area is 149 Å². The van der Waals surface area contributed by atoms with Crippen LogP contribution in [0.2, 0.25) is 0 Å². The minimum Gasteiger partial charge on any atom is -0.369 e. The number of nitrogens with one attached hydrogen (secondary N) is 1. The minimum absolute atomic E-state index is 0.102. The molecule has 134 valence electrons. The Morgan fingerprint density at radius 3 is 2.72 bits per heavy atom. The van der Waals surface area contributed by atoms with Crippen LogP contribution in [0.25, 0.3) is 0 Å². The molecular formula is C19H27N5O. The molecule has 1 aliphatic heterocycles. The molecule has 0 aliphatic carbocycles. The maximum Gasteiger partial charge on any atom is 0.221 e. The van der Waals surface area contributed by atoms with Gasteiger partial charge in [0.15, 0.2) is 0 Å². The molecule has 1 amide bonds. The third-order valence-corrected chi connectivity index (χ3v) is 4.64. The molecule has 1 aliphatic rings. The van der Waals surface area contributed by atoms with Gasteiger partial charge in [-0.25, -0.2) is 0 Å². The number of carbonyl (C=O) groups excluding carboxylic acids is 1. The largest absolute Gasteiger partial charge is 0.369 e. The standard InChI is InChI=1S/C19H27N5O/c1-16-4-3-5-18(12-16)24-10-8-23(9-11-24)7-6-19(25)20-13-17-14-21-22(2)15-17/h3-5,12,14-15H,6-11,13H2,1-2H3,(H,20,25). The summed E-state index contributed by atoms with van der Waals surface area (Å²) in [6.07, 6.45) is 4.25. The van der Waals surface area contributed by atoms with E-state index in [1.807, 2.05) is 13.2 Å². The molecule has 0 radical (unpaired) electrons. The van der Waals surface area contributed by atoms with Crippen LogP contribution in [-0.4, -0.2) is 53.3 Å². The summed E-state index contributed by atoms with van der Waals surface area (Å²) in [7, 11) is 1.88. The van der Waals surface area contributed by atoms with Crippen molar-refractivity contribution >= 4 is 11.6 Å². The summed E-state index contributed by atoms with van der Waals surface area (Å²) in [5, 5.41) is 7.07. The van der Waals surface area contributed by atoms with Crippen molar-refractivity contribution in [2.75, 3.05) is 37.6 Å². The van der Waals surface area contributed by atoms with Crippen molar-refractivity contribution in [3.05, 3.63) is 47.8 Å². The highest BCUT2D eigenvalue weighted by Crippen LogP contribution is 2.17. The average molecular weight is 341 g/mol. The van der Waals surface area contributed by atoms with E-state index in [9.17, 15) is 4.79 Å². The fraction of sp³-hybridized carbons (Fsp3) is 0.474. The molecule has 0 unspecified atom stereocenters. The lowest BCUT2D eigenvalue weighted by Crippen LogP contribution is -2.47. The molecule has 25 heavy (non-hydrogen) atoms. The van der Waals surface area contributed by atoms with Crippen molar-refractivity contribution < 1.29 is 4.79 Å². The molecule has 0 spiro atoms. The van der Waals surface area contributed by atoms with E-state index in [0.717, 1.165) is 38.3 Å². The second-order valence-corrected chi connectivity index (χ2v) is 6.72. The highest BCUT2D eigenvalue weighted by Gasteiger charge is 2.17. The van der Waals surface area contributed by atoms with Crippen LogP contribution in [0.15, 0.2) is 36.7 Å². The molecule has 1 aromatic heterocycles. The number of anilines is 1. The van der Waals surface area contributed by atoms with Gasteiger partial charge < -0.3 is 10.2 Å². The van der Waals surface area contributed by atoms with Crippen LogP contribution < -0.4 is 10.2 Å². The molecule has 1 saturated heterocycles. The van der Waals surface area contributed by atoms with Gasteiger partial charge in [0.1, 0.15) is 0 Å². The van der Waals surface area contributed by atoms with E-state index in [4.69, 9.17) is 0 Å². The van der Waals surface area contributed by atoms with Crippen molar-refractivity contribution in [2.45, 2.75) is 19.9 Å². The first-order valence-corrected chi connectivity index (χ1v) is 8.88. The van der Waals surface area contributed by atoms with E-state index >= 15 is 0 Å². The van der Waals surface area contributed by atoms with Crippen LogP contribution in [0, 0.1) is 6.92 Å². The number of hydrogen-bond donors (Lipinski definition) is 1. The fourth-order valence-electron chi connectivity index (χ4n) is 3.17. The first-order valence-electron chi connectivity index (χ1n) is 8.88. The Balaban J connectivity index is 1.36. The average Bonchev–Trinajstić information content (AvgIpc) is 3.04. The van der Waals surface area contributed by atoms with Crippen LogP contribution in [0.5, 0.6) is 0 Å². The van der Waals surface area contributed by atoms with E-state index in [-0.39, 0.29) is 5.91 Å². The molecule has 6 nitrogen and oxygen atoms in total. The normalized spacial score (nSPS) is 15.4. The quantitative estimate of drug-likeness (QED) is 0.866. The van der Waals surface area contributed by atoms with Gasteiger partial charge in [0.25, 0.3) is 0 Å². The number of carbonyl (C=O) groups is 1. The lowest BCUT2D eigenvalue weighted by Gasteiger charge is -2.36. The smallest absolute Gasteiger partial charge is 0.221 e. The lowest BCUT2D eigenvalue weighted by molar-refractivity contribution is -0.121. The van der Waals surface area contributed by atoms with Crippen molar-refractivity contribution in [3.63, 3.8) is 0 Å². The number of aryl methyl sites for hydroxylation is 2. The molecule has 2 aromatic rings.